The summed E-state index contributed by atoms with van der Waals surface area (Å²) in [6, 6.07) is 0. The van der Waals surface area contributed by atoms with E-state index in [1.807, 2.05) is 6.55 Å². The van der Waals surface area contributed by atoms with Gasteiger partial charge in [-0.15, -0.1) is 0 Å². The van der Waals surface area contributed by atoms with Crippen molar-refractivity contribution in [2.45, 2.75) is 38.1 Å². The number of aliphatic hydroxyl groups excluding tert-OH is 1. The van der Waals surface area contributed by atoms with Gasteiger partial charge in [-0.05, 0) is 25.8 Å². The number of nitrogens with two attached hydrogens (primary N) is 2. The number of aliphatic hydroxyl groups is 1. The third-order valence-electron chi connectivity index (χ3n) is 2.40. The molecule has 0 aromatic heterocycles. The Bertz CT molecular complexity index is 179. The van der Waals surface area contributed by atoms with Gasteiger partial charge in [-0.25, -0.2) is 0 Å². The molecule has 16 heavy (non-hydrogen) atoms. The molecule has 0 aliphatic carbocycles. The first-order valence-electron chi connectivity index (χ1n) is 5.39. The second-order valence-corrected chi connectivity index (χ2v) is 6.51. The summed E-state index contributed by atoms with van der Waals surface area (Å²) in [5, 5.41) is 9.02. The zero-order valence-corrected chi connectivity index (χ0v) is 11.3. The van der Waals surface area contributed by atoms with Crippen molar-refractivity contribution < 1.29 is 18.4 Å². The molecule has 2 atom stereocenters. The molecule has 2 unspecified atom stereocenters. The maximum atomic E-state index is 9.02. The highest BCUT2D eigenvalue weighted by Crippen LogP contribution is 2.16. The van der Waals surface area contributed by atoms with Gasteiger partial charge in [-0.1, -0.05) is 0 Å². The highest BCUT2D eigenvalue weighted by atomic mass is 28.4. The Hall–Kier alpha value is -0.0231. The fraction of sp³-hybridized carbons (Fsp3) is 1.00. The summed E-state index contributed by atoms with van der Waals surface area (Å²) in [6.07, 6.45) is 0.913. The van der Waals surface area contributed by atoms with Gasteiger partial charge >= 0.3 is 8.80 Å². The maximum Gasteiger partial charge on any atom is 0.497 e. The summed E-state index contributed by atoms with van der Waals surface area (Å²) in [7, 11) is 0.577. The molecule has 0 aromatic carbocycles. The van der Waals surface area contributed by atoms with Crippen LogP contribution < -0.4 is 11.5 Å². The molecular weight excluding hydrogens is 228 g/mol. The molecule has 0 bridgehead atoms. The predicted octanol–water partition coefficient (Wildman–Crippen LogP) is -0.361. The van der Waals surface area contributed by atoms with E-state index in [-0.39, 0.29) is 6.10 Å². The second-order valence-electron chi connectivity index (χ2n) is 3.73. The van der Waals surface area contributed by atoms with E-state index >= 15 is 0 Å². The van der Waals surface area contributed by atoms with Gasteiger partial charge in [-0.3, -0.25) is 0 Å². The maximum absolute atomic E-state index is 9.02. The van der Waals surface area contributed by atoms with Crippen LogP contribution in [0.3, 0.4) is 0 Å². The van der Waals surface area contributed by atoms with Crippen molar-refractivity contribution in [3.8, 4) is 0 Å². The summed E-state index contributed by atoms with van der Waals surface area (Å²) in [5.41, 5.74) is 10.8. The van der Waals surface area contributed by atoms with E-state index in [1.165, 1.54) is 0 Å². The van der Waals surface area contributed by atoms with Crippen LogP contribution in [-0.4, -0.2) is 47.0 Å². The molecule has 0 aromatic rings. The van der Waals surface area contributed by atoms with Crippen LogP contribution in [0, 0.1) is 0 Å². The molecule has 0 aliphatic heterocycles. The van der Waals surface area contributed by atoms with Gasteiger partial charge < -0.3 is 29.9 Å². The number of hydrogen-bond acceptors (Lipinski definition) is 6. The van der Waals surface area contributed by atoms with E-state index in [4.69, 9.17) is 29.9 Å². The standard InChI is InChI=1S/C9H24N2O4Si/c1-13-16(3,14-2)15-8(6-7-10)4-5-9(11)12/h8-9,12H,4-7,10-11H2,1-3H3. The van der Waals surface area contributed by atoms with Crippen LogP contribution in [0.2, 0.25) is 6.55 Å². The molecule has 0 rings (SSSR count). The first kappa shape index (κ1) is 16.0. The Morgan fingerprint density at radius 1 is 1.19 bits per heavy atom. The van der Waals surface area contributed by atoms with E-state index in [1.54, 1.807) is 14.2 Å². The van der Waals surface area contributed by atoms with Crippen LogP contribution in [0.1, 0.15) is 19.3 Å². The summed E-state index contributed by atoms with van der Waals surface area (Å²) in [6.45, 7) is 2.33. The zero-order chi connectivity index (χ0) is 12.6. The molecule has 0 amide bonds. The molecule has 0 spiro atoms. The van der Waals surface area contributed by atoms with Gasteiger partial charge in [0.1, 0.15) is 6.23 Å². The topological polar surface area (TPSA) is 100.0 Å². The molecule has 0 saturated heterocycles. The third kappa shape index (κ3) is 6.54. The van der Waals surface area contributed by atoms with Crippen molar-refractivity contribution in [3.63, 3.8) is 0 Å². The third-order valence-corrected chi connectivity index (χ3v) is 4.64. The van der Waals surface area contributed by atoms with E-state index < -0.39 is 15.0 Å². The molecule has 5 N–H and O–H groups in total. The van der Waals surface area contributed by atoms with Gasteiger partial charge in [0.25, 0.3) is 0 Å². The lowest BCUT2D eigenvalue weighted by atomic mass is 10.1. The van der Waals surface area contributed by atoms with Crippen molar-refractivity contribution >= 4 is 8.80 Å². The fourth-order valence-electron chi connectivity index (χ4n) is 1.29. The minimum absolute atomic E-state index is 0.0835. The summed E-state index contributed by atoms with van der Waals surface area (Å²) in [4.78, 5) is 0. The minimum Gasteiger partial charge on any atom is -0.379 e. The molecule has 0 radical (unpaired) electrons. The van der Waals surface area contributed by atoms with Crippen LogP contribution in [0.15, 0.2) is 0 Å². The SMILES string of the molecule is CO[Si](C)(OC)OC(CCN)CCC(N)O. The first-order valence-corrected chi connectivity index (χ1v) is 7.61. The Balaban J connectivity index is 4.19. The summed E-state index contributed by atoms with van der Waals surface area (Å²) >= 11 is 0. The average molecular weight is 252 g/mol. The molecule has 0 saturated carbocycles. The van der Waals surface area contributed by atoms with Crippen molar-refractivity contribution in [2.24, 2.45) is 11.5 Å². The van der Waals surface area contributed by atoms with Gasteiger partial charge in [0.05, 0.1) is 6.10 Å². The van der Waals surface area contributed by atoms with Crippen molar-refractivity contribution in [1.82, 2.24) is 0 Å². The highest BCUT2D eigenvalue weighted by molar-refractivity contribution is 6.59. The molecule has 0 heterocycles. The number of hydrogen-bond donors (Lipinski definition) is 3. The largest absolute Gasteiger partial charge is 0.497 e. The predicted molar refractivity (Wildman–Crippen MR) is 63.6 cm³/mol. The van der Waals surface area contributed by atoms with Crippen LogP contribution in [0.5, 0.6) is 0 Å². The van der Waals surface area contributed by atoms with Crippen LogP contribution in [0.25, 0.3) is 0 Å². The number of rotatable bonds is 9. The lowest BCUT2D eigenvalue weighted by Gasteiger charge is -2.28. The van der Waals surface area contributed by atoms with E-state index in [0.29, 0.717) is 25.8 Å². The lowest BCUT2D eigenvalue weighted by Crippen LogP contribution is -2.44. The molecule has 98 valence electrons. The van der Waals surface area contributed by atoms with E-state index in [0.717, 1.165) is 0 Å². The summed E-state index contributed by atoms with van der Waals surface area (Å²) in [5.74, 6) is 0. The van der Waals surface area contributed by atoms with Gasteiger partial charge in [-0.2, -0.15) is 0 Å². The Kier molecular flexibility index (Phi) is 8.11. The quantitative estimate of drug-likeness (QED) is 0.383. The van der Waals surface area contributed by atoms with E-state index in [2.05, 4.69) is 0 Å². The fourth-order valence-corrected chi connectivity index (χ4v) is 2.49. The summed E-state index contributed by atoms with van der Waals surface area (Å²) < 4.78 is 16.2. The van der Waals surface area contributed by atoms with Crippen LogP contribution in [-0.2, 0) is 13.3 Å². The van der Waals surface area contributed by atoms with Crippen LogP contribution in [0.4, 0.5) is 0 Å². The molecular formula is C9H24N2O4Si. The van der Waals surface area contributed by atoms with Gasteiger partial charge in [0, 0.05) is 20.8 Å². The second kappa shape index (κ2) is 8.12. The van der Waals surface area contributed by atoms with Gasteiger partial charge in [0.15, 0.2) is 0 Å². The lowest BCUT2D eigenvalue weighted by molar-refractivity contribution is 0.0448. The Morgan fingerprint density at radius 3 is 2.12 bits per heavy atom. The molecule has 6 nitrogen and oxygen atoms in total. The Labute approximate surface area is 98.2 Å². The van der Waals surface area contributed by atoms with Gasteiger partial charge in [0.2, 0.25) is 0 Å². The Morgan fingerprint density at radius 2 is 1.75 bits per heavy atom. The molecule has 7 heteroatoms. The minimum atomic E-state index is -2.55. The monoisotopic (exact) mass is 252 g/mol. The zero-order valence-electron chi connectivity index (χ0n) is 10.3. The van der Waals surface area contributed by atoms with Crippen molar-refractivity contribution in [2.75, 3.05) is 20.8 Å². The van der Waals surface area contributed by atoms with E-state index in [9.17, 15) is 0 Å². The highest BCUT2D eigenvalue weighted by Gasteiger charge is 2.35. The molecule has 0 aliphatic rings. The average Bonchev–Trinajstić information content (AvgIpc) is 2.26. The van der Waals surface area contributed by atoms with Crippen molar-refractivity contribution in [1.29, 1.82) is 0 Å². The van der Waals surface area contributed by atoms with Crippen molar-refractivity contribution in [3.05, 3.63) is 0 Å². The molecule has 0 fully saturated rings. The smallest absolute Gasteiger partial charge is 0.379 e. The normalized spacial score (nSPS) is 16.1. The first-order chi connectivity index (χ1) is 7.47. The van der Waals surface area contributed by atoms with Crippen LogP contribution >= 0.6 is 0 Å².